The SMILES string of the molecule is CC(C)COCC(O)CNC(=O)C1CCn2ccnc2C1. The van der Waals surface area contributed by atoms with Crippen molar-refractivity contribution in [3.63, 3.8) is 0 Å². The van der Waals surface area contributed by atoms with Crippen LogP contribution in [0.1, 0.15) is 26.1 Å². The van der Waals surface area contributed by atoms with Crippen LogP contribution < -0.4 is 5.32 Å². The van der Waals surface area contributed by atoms with E-state index in [1.807, 2.05) is 6.20 Å². The summed E-state index contributed by atoms with van der Waals surface area (Å²) in [6.07, 6.45) is 4.54. The number of hydrogen-bond acceptors (Lipinski definition) is 4. The molecule has 0 bridgehead atoms. The van der Waals surface area contributed by atoms with Crippen LogP contribution in [0.4, 0.5) is 0 Å². The van der Waals surface area contributed by atoms with Crippen LogP contribution in [0.3, 0.4) is 0 Å². The van der Waals surface area contributed by atoms with Gasteiger partial charge < -0.3 is 19.7 Å². The number of ether oxygens (including phenoxy) is 1. The van der Waals surface area contributed by atoms with Gasteiger partial charge in [-0.1, -0.05) is 13.8 Å². The van der Waals surface area contributed by atoms with Crippen molar-refractivity contribution < 1.29 is 14.6 Å². The molecule has 6 heteroatoms. The average molecular weight is 295 g/mol. The standard InChI is InChI=1S/C15H25N3O3/c1-11(2)9-21-10-13(19)8-17-15(20)12-3-5-18-6-4-16-14(18)7-12/h4,6,11-13,19H,3,5,7-10H2,1-2H3,(H,17,20). The van der Waals surface area contributed by atoms with Crippen molar-refractivity contribution in [2.75, 3.05) is 19.8 Å². The van der Waals surface area contributed by atoms with E-state index in [0.717, 1.165) is 18.8 Å². The molecule has 21 heavy (non-hydrogen) atoms. The third kappa shape index (κ3) is 4.82. The van der Waals surface area contributed by atoms with Crippen molar-refractivity contribution in [2.45, 2.75) is 39.3 Å². The van der Waals surface area contributed by atoms with Gasteiger partial charge in [0.15, 0.2) is 0 Å². The van der Waals surface area contributed by atoms with Crippen molar-refractivity contribution in [3.05, 3.63) is 18.2 Å². The van der Waals surface area contributed by atoms with Gasteiger partial charge in [-0.15, -0.1) is 0 Å². The van der Waals surface area contributed by atoms with Crippen molar-refractivity contribution in [2.24, 2.45) is 11.8 Å². The van der Waals surface area contributed by atoms with E-state index in [1.165, 1.54) is 0 Å². The number of rotatable bonds is 7. The molecule has 2 unspecified atom stereocenters. The zero-order chi connectivity index (χ0) is 15.2. The highest BCUT2D eigenvalue weighted by molar-refractivity contribution is 5.79. The van der Waals surface area contributed by atoms with Crippen LogP contribution in [-0.4, -0.2) is 46.4 Å². The molecule has 6 nitrogen and oxygen atoms in total. The number of aliphatic hydroxyl groups is 1. The molecule has 1 amide bonds. The van der Waals surface area contributed by atoms with E-state index < -0.39 is 6.10 Å². The second-order valence-corrected chi connectivity index (χ2v) is 6.06. The van der Waals surface area contributed by atoms with E-state index >= 15 is 0 Å². The first kappa shape index (κ1) is 16.0. The average Bonchev–Trinajstić information content (AvgIpc) is 2.91. The first-order valence-electron chi connectivity index (χ1n) is 7.59. The molecule has 0 radical (unpaired) electrons. The monoisotopic (exact) mass is 295 g/mol. The van der Waals surface area contributed by atoms with E-state index in [0.29, 0.717) is 18.9 Å². The lowest BCUT2D eigenvalue weighted by Crippen LogP contribution is -2.40. The second-order valence-electron chi connectivity index (χ2n) is 6.06. The molecular formula is C15H25N3O3. The lowest BCUT2D eigenvalue weighted by atomic mass is 9.97. The quantitative estimate of drug-likeness (QED) is 0.772. The van der Waals surface area contributed by atoms with Crippen LogP contribution in [0.25, 0.3) is 0 Å². The van der Waals surface area contributed by atoms with Gasteiger partial charge in [0.25, 0.3) is 0 Å². The van der Waals surface area contributed by atoms with E-state index in [2.05, 4.69) is 28.7 Å². The molecule has 2 rings (SSSR count). The Hall–Kier alpha value is -1.40. The first-order valence-corrected chi connectivity index (χ1v) is 7.59. The topological polar surface area (TPSA) is 76.4 Å². The number of fused-ring (bicyclic) bond motifs is 1. The van der Waals surface area contributed by atoms with Crippen LogP contribution in [0.15, 0.2) is 12.4 Å². The zero-order valence-corrected chi connectivity index (χ0v) is 12.8. The van der Waals surface area contributed by atoms with Crippen molar-refractivity contribution in [1.29, 1.82) is 0 Å². The molecule has 0 aliphatic carbocycles. The van der Waals surface area contributed by atoms with Crippen molar-refractivity contribution in [1.82, 2.24) is 14.9 Å². The van der Waals surface area contributed by atoms with Gasteiger partial charge in [0, 0.05) is 44.4 Å². The molecule has 2 atom stereocenters. The third-order valence-corrected chi connectivity index (χ3v) is 3.59. The van der Waals surface area contributed by atoms with Gasteiger partial charge in [-0.2, -0.15) is 0 Å². The Morgan fingerprint density at radius 3 is 3.14 bits per heavy atom. The molecule has 1 aromatic rings. The fourth-order valence-corrected chi connectivity index (χ4v) is 2.44. The van der Waals surface area contributed by atoms with Gasteiger partial charge >= 0.3 is 0 Å². The maximum atomic E-state index is 12.1. The molecule has 0 spiro atoms. The molecule has 0 aromatic carbocycles. The fraction of sp³-hybridized carbons (Fsp3) is 0.733. The highest BCUT2D eigenvalue weighted by Gasteiger charge is 2.25. The summed E-state index contributed by atoms with van der Waals surface area (Å²) in [4.78, 5) is 16.4. The lowest BCUT2D eigenvalue weighted by Gasteiger charge is -2.23. The minimum atomic E-state index is -0.654. The van der Waals surface area contributed by atoms with Gasteiger partial charge in [0.05, 0.1) is 12.7 Å². The number of imidazole rings is 1. The first-order chi connectivity index (χ1) is 10.1. The normalized spacial score (nSPS) is 19.3. The summed E-state index contributed by atoms with van der Waals surface area (Å²) >= 11 is 0. The molecule has 1 aliphatic heterocycles. The summed E-state index contributed by atoms with van der Waals surface area (Å²) in [6, 6.07) is 0. The van der Waals surface area contributed by atoms with Crippen LogP contribution >= 0.6 is 0 Å². The summed E-state index contributed by atoms with van der Waals surface area (Å²) in [5.74, 6) is 1.34. The summed E-state index contributed by atoms with van der Waals surface area (Å²) in [6.45, 7) is 6.06. The van der Waals surface area contributed by atoms with Gasteiger partial charge in [-0.25, -0.2) is 4.98 Å². The van der Waals surface area contributed by atoms with E-state index in [9.17, 15) is 9.90 Å². The molecule has 1 aliphatic rings. The summed E-state index contributed by atoms with van der Waals surface area (Å²) in [7, 11) is 0. The predicted octanol–water partition coefficient (Wildman–Crippen LogP) is 0.595. The maximum Gasteiger partial charge on any atom is 0.223 e. The summed E-state index contributed by atoms with van der Waals surface area (Å²) in [5.41, 5.74) is 0. The van der Waals surface area contributed by atoms with Crippen LogP contribution in [0.5, 0.6) is 0 Å². The molecule has 0 fully saturated rings. The van der Waals surface area contributed by atoms with E-state index in [4.69, 9.17) is 4.74 Å². The smallest absolute Gasteiger partial charge is 0.223 e. The molecule has 118 valence electrons. The number of nitrogens with zero attached hydrogens (tertiary/aromatic N) is 2. The zero-order valence-electron chi connectivity index (χ0n) is 12.8. The molecule has 2 N–H and O–H groups in total. The minimum Gasteiger partial charge on any atom is -0.389 e. The predicted molar refractivity (Wildman–Crippen MR) is 78.7 cm³/mol. The van der Waals surface area contributed by atoms with Gasteiger partial charge in [0.2, 0.25) is 5.91 Å². The number of amides is 1. The van der Waals surface area contributed by atoms with Crippen molar-refractivity contribution >= 4 is 5.91 Å². The Bertz CT molecular complexity index is 459. The number of aliphatic hydroxyl groups excluding tert-OH is 1. The fourth-order valence-electron chi connectivity index (χ4n) is 2.44. The minimum absolute atomic E-state index is 0.00726. The Labute approximate surface area is 125 Å². The number of aryl methyl sites for hydroxylation is 1. The number of carbonyl (C=O) groups excluding carboxylic acids is 1. The van der Waals surface area contributed by atoms with E-state index in [-0.39, 0.29) is 25.0 Å². The van der Waals surface area contributed by atoms with Gasteiger partial charge in [0.1, 0.15) is 5.82 Å². The molecular weight excluding hydrogens is 270 g/mol. The van der Waals surface area contributed by atoms with Crippen LogP contribution in [-0.2, 0) is 22.5 Å². The Kier molecular flexibility index (Phi) is 5.76. The largest absolute Gasteiger partial charge is 0.389 e. The lowest BCUT2D eigenvalue weighted by molar-refractivity contribution is -0.126. The van der Waals surface area contributed by atoms with Gasteiger partial charge in [-0.05, 0) is 12.3 Å². The summed E-state index contributed by atoms with van der Waals surface area (Å²) < 4.78 is 7.44. The highest BCUT2D eigenvalue weighted by atomic mass is 16.5. The van der Waals surface area contributed by atoms with E-state index in [1.54, 1.807) is 6.20 Å². The van der Waals surface area contributed by atoms with Crippen LogP contribution in [0, 0.1) is 11.8 Å². The highest BCUT2D eigenvalue weighted by Crippen LogP contribution is 2.19. The van der Waals surface area contributed by atoms with Gasteiger partial charge in [-0.3, -0.25) is 4.79 Å². The Balaban J connectivity index is 1.68. The molecule has 1 aromatic heterocycles. The summed E-state index contributed by atoms with van der Waals surface area (Å²) in [5, 5.41) is 12.6. The number of nitrogens with one attached hydrogen (secondary N) is 1. The van der Waals surface area contributed by atoms with Crippen LogP contribution in [0.2, 0.25) is 0 Å². The number of hydrogen-bond donors (Lipinski definition) is 2. The molecule has 0 saturated heterocycles. The molecule has 2 heterocycles. The number of aromatic nitrogens is 2. The second kappa shape index (κ2) is 7.56. The Morgan fingerprint density at radius 1 is 1.57 bits per heavy atom. The Morgan fingerprint density at radius 2 is 2.38 bits per heavy atom. The molecule has 0 saturated carbocycles. The maximum absolute atomic E-state index is 12.1. The third-order valence-electron chi connectivity index (χ3n) is 3.59. The van der Waals surface area contributed by atoms with Crippen molar-refractivity contribution in [3.8, 4) is 0 Å². The number of carbonyl (C=O) groups is 1.